The van der Waals surface area contributed by atoms with Crippen molar-refractivity contribution in [1.82, 2.24) is 4.98 Å². The fraction of sp³-hybridized carbons (Fsp3) is 0.438. The summed E-state index contributed by atoms with van der Waals surface area (Å²) in [5, 5.41) is 4.06. The molecule has 0 aliphatic carbocycles. The molecular formula is C32H40FN3O7. The maximum Gasteiger partial charge on any atom is 0.425 e. The molecule has 232 valence electrons. The lowest BCUT2D eigenvalue weighted by Crippen LogP contribution is -2.44. The molecule has 1 unspecified atom stereocenters. The third-order valence-electron chi connectivity index (χ3n) is 6.00. The minimum Gasteiger partial charge on any atom is -0.491 e. The summed E-state index contributed by atoms with van der Waals surface area (Å²) in [4.78, 5) is 44.4. The van der Waals surface area contributed by atoms with Gasteiger partial charge in [0, 0.05) is 22.8 Å². The number of aryl methyl sites for hydroxylation is 1. The molecule has 1 heterocycles. The SMILES string of the molecule is CCOc1cc(CC)cc(C(Nc2ccc3c(N(C(=O)OC(C)(C)C)C(=O)OC(C)(C)C)nccc3c2)C(=O)OC)c1F. The van der Waals surface area contributed by atoms with Gasteiger partial charge in [-0.25, -0.2) is 23.8 Å². The number of aromatic nitrogens is 1. The van der Waals surface area contributed by atoms with Crippen molar-refractivity contribution < 1.29 is 37.7 Å². The number of imide groups is 1. The Morgan fingerprint density at radius 3 is 2.12 bits per heavy atom. The molecule has 2 amide bonds. The van der Waals surface area contributed by atoms with Crippen molar-refractivity contribution in [3.63, 3.8) is 0 Å². The number of esters is 1. The van der Waals surface area contributed by atoms with Gasteiger partial charge in [0.2, 0.25) is 0 Å². The first-order valence-electron chi connectivity index (χ1n) is 14.0. The topological polar surface area (TPSA) is 116 Å². The number of carbonyl (C=O) groups is 3. The monoisotopic (exact) mass is 597 g/mol. The average molecular weight is 598 g/mol. The zero-order valence-electron chi connectivity index (χ0n) is 26.2. The van der Waals surface area contributed by atoms with Crippen molar-refractivity contribution in [3.05, 3.63) is 59.5 Å². The minimum atomic E-state index is -1.20. The number of anilines is 2. The minimum absolute atomic E-state index is 0.000107. The molecule has 10 nitrogen and oxygen atoms in total. The third kappa shape index (κ3) is 8.33. The normalized spacial score (nSPS) is 12.3. The number of fused-ring (bicyclic) bond motifs is 1. The fourth-order valence-corrected chi connectivity index (χ4v) is 4.19. The summed E-state index contributed by atoms with van der Waals surface area (Å²) < 4.78 is 37.0. The second kappa shape index (κ2) is 13.3. The third-order valence-corrected chi connectivity index (χ3v) is 6.00. The first-order chi connectivity index (χ1) is 20.1. The van der Waals surface area contributed by atoms with Gasteiger partial charge in [-0.3, -0.25) is 0 Å². The second-order valence-electron chi connectivity index (χ2n) is 11.8. The van der Waals surface area contributed by atoms with E-state index in [-0.39, 0.29) is 23.7 Å². The van der Waals surface area contributed by atoms with E-state index in [9.17, 15) is 14.4 Å². The maximum absolute atomic E-state index is 15.5. The number of nitrogens with zero attached hydrogens (tertiary/aromatic N) is 2. The quantitative estimate of drug-likeness (QED) is 0.210. The van der Waals surface area contributed by atoms with Crippen LogP contribution in [0.25, 0.3) is 10.8 Å². The number of hydrogen-bond donors (Lipinski definition) is 1. The Morgan fingerprint density at radius 2 is 1.58 bits per heavy atom. The molecule has 3 aromatic rings. The number of methoxy groups -OCH3 is 1. The van der Waals surface area contributed by atoms with Crippen LogP contribution in [0.15, 0.2) is 42.6 Å². The molecule has 1 aromatic heterocycles. The zero-order valence-corrected chi connectivity index (χ0v) is 26.2. The molecular weight excluding hydrogens is 557 g/mol. The number of pyridine rings is 1. The Bertz CT molecular complexity index is 1470. The summed E-state index contributed by atoms with van der Waals surface area (Å²) in [7, 11) is 1.22. The van der Waals surface area contributed by atoms with Gasteiger partial charge < -0.3 is 24.3 Å². The standard InChI is InChI=1S/C32H40FN3O7/c1-10-19-16-23(25(33)24(17-19)41-11-2)26(28(37)40-9)35-21-12-13-22-20(18-21)14-15-34-27(22)36(29(38)42-31(3,4)5)30(39)43-32(6,7)8/h12-18,26,35H,10-11H2,1-9H3. The lowest BCUT2D eigenvalue weighted by Gasteiger charge is -2.28. The molecule has 2 aromatic carbocycles. The summed E-state index contributed by atoms with van der Waals surface area (Å²) in [5.41, 5.74) is -0.483. The van der Waals surface area contributed by atoms with Crippen LogP contribution < -0.4 is 15.0 Å². The highest BCUT2D eigenvalue weighted by Crippen LogP contribution is 2.34. The van der Waals surface area contributed by atoms with Gasteiger partial charge in [-0.05, 0) is 102 Å². The molecule has 0 spiro atoms. The molecule has 3 rings (SSSR count). The van der Waals surface area contributed by atoms with Crippen molar-refractivity contribution in [3.8, 4) is 5.75 Å². The predicted octanol–water partition coefficient (Wildman–Crippen LogP) is 7.34. The van der Waals surface area contributed by atoms with Gasteiger partial charge in [0.1, 0.15) is 11.2 Å². The number of nitrogens with one attached hydrogen (secondary N) is 1. The van der Waals surface area contributed by atoms with Crippen LogP contribution >= 0.6 is 0 Å². The van der Waals surface area contributed by atoms with Crippen LogP contribution in [0.5, 0.6) is 5.75 Å². The van der Waals surface area contributed by atoms with Crippen molar-refractivity contribution in [2.45, 2.75) is 79.1 Å². The number of carbonyl (C=O) groups excluding carboxylic acids is 3. The van der Waals surface area contributed by atoms with Crippen LogP contribution in [-0.4, -0.2) is 48.1 Å². The van der Waals surface area contributed by atoms with Crippen LogP contribution in [0.1, 0.15) is 72.6 Å². The van der Waals surface area contributed by atoms with Gasteiger partial charge in [0.15, 0.2) is 23.4 Å². The van der Waals surface area contributed by atoms with Gasteiger partial charge >= 0.3 is 18.2 Å². The molecule has 11 heteroatoms. The Morgan fingerprint density at radius 1 is 0.953 bits per heavy atom. The van der Waals surface area contributed by atoms with Crippen LogP contribution in [0.2, 0.25) is 0 Å². The first-order valence-corrected chi connectivity index (χ1v) is 14.0. The summed E-state index contributed by atoms with van der Waals surface area (Å²) in [6, 6.07) is 8.62. The molecule has 0 saturated carbocycles. The number of hydrogen-bond acceptors (Lipinski definition) is 9. The zero-order chi connectivity index (χ0) is 32.1. The molecule has 0 aliphatic rings. The van der Waals surface area contributed by atoms with E-state index >= 15 is 4.39 Å². The van der Waals surface area contributed by atoms with Crippen LogP contribution in [0, 0.1) is 5.82 Å². The molecule has 0 fully saturated rings. The average Bonchev–Trinajstić information content (AvgIpc) is 2.90. The number of amides is 2. The summed E-state index contributed by atoms with van der Waals surface area (Å²) in [5.74, 6) is -1.32. The molecule has 0 radical (unpaired) electrons. The van der Waals surface area contributed by atoms with E-state index in [0.29, 0.717) is 22.9 Å². The van der Waals surface area contributed by atoms with Crippen molar-refractivity contribution in [2.24, 2.45) is 0 Å². The fourth-order valence-electron chi connectivity index (χ4n) is 4.19. The van der Waals surface area contributed by atoms with E-state index in [1.165, 1.54) is 13.3 Å². The van der Waals surface area contributed by atoms with Gasteiger partial charge in [-0.15, -0.1) is 0 Å². The molecule has 1 N–H and O–H groups in total. The summed E-state index contributed by atoms with van der Waals surface area (Å²) in [6.45, 7) is 14.0. The molecule has 0 aliphatic heterocycles. The van der Waals surface area contributed by atoms with E-state index in [0.717, 1.165) is 10.5 Å². The van der Waals surface area contributed by atoms with E-state index in [1.54, 1.807) is 84.9 Å². The largest absolute Gasteiger partial charge is 0.491 e. The highest BCUT2D eigenvalue weighted by Gasteiger charge is 2.35. The van der Waals surface area contributed by atoms with E-state index in [1.807, 2.05) is 6.92 Å². The number of ether oxygens (including phenoxy) is 4. The number of rotatable bonds is 8. The van der Waals surface area contributed by atoms with Gasteiger partial charge in [-0.1, -0.05) is 6.92 Å². The lowest BCUT2D eigenvalue weighted by molar-refractivity contribution is -0.141. The Hall–Kier alpha value is -4.41. The van der Waals surface area contributed by atoms with Gasteiger partial charge in [0.05, 0.1) is 13.7 Å². The number of halogens is 1. The predicted molar refractivity (Wildman–Crippen MR) is 162 cm³/mol. The lowest BCUT2D eigenvalue weighted by atomic mass is 10.0. The van der Waals surface area contributed by atoms with Gasteiger partial charge in [-0.2, -0.15) is 4.90 Å². The van der Waals surface area contributed by atoms with Crippen LogP contribution in [0.3, 0.4) is 0 Å². The van der Waals surface area contributed by atoms with E-state index in [4.69, 9.17) is 18.9 Å². The molecule has 43 heavy (non-hydrogen) atoms. The molecule has 0 saturated heterocycles. The second-order valence-corrected chi connectivity index (χ2v) is 11.8. The Labute approximate surface area is 251 Å². The van der Waals surface area contributed by atoms with Gasteiger partial charge in [0.25, 0.3) is 0 Å². The Kier molecular flexibility index (Phi) is 10.2. The first kappa shape index (κ1) is 33.1. The summed E-state index contributed by atoms with van der Waals surface area (Å²) >= 11 is 0. The smallest absolute Gasteiger partial charge is 0.425 e. The van der Waals surface area contributed by atoms with Crippen molar-refractivity contribution >= 4 is 40.4 Å². The molecule has 1 atom stereocenters. The van der Waals surface area contributed by atoms with Crippen molar-refractivity contribution in [2.75, 3.05) is 23.9 Å². The Balaban J connectivity index is 2.10. The maximum atomic E-state index is 15.5. The highest BCUT2D eigenvalue weighted by molar-refractivity contribution is 6.14. The van der Waals surface area contributed by atoms with E-state index in [2.05, 4.69) is 10.3 Å². The van der Waals surface area contributed by atoms with Crippen LogP contribution in [-0.2, 0) is 25.4 Å². The highest BCUT2D eigenvalue weighted by atomic mass is 19.1. The van der Waals surface area contributed by atoms with E-state index < -0.39 is 41.2 Å². The number of benzene rings is 2. The molecule has 0 bridgehead atoms. The summed E-state index contributed by atoms with van der Waals surface area (Å²) in [6.07, 6.45) is 0.121. The van der Waals surface area contributed by atoms with Crippen LogP contribution in [0.4, 0.5) is 25.5 Å². The van der Waals surface area contributed by atoms with Crippen molar-refractivity contribution in [1.29, 1.82) is 0 Å².